The fourth-order valence-electron chi connectivity index (χ4n) is 3.76. The number of rotatable bonds is 5. The number of hydrogen-bond acceptors (Lipinski definition) is 7. The van der Waals surface area contributed by atoms with Crippen molar-refractivity contribution in [3.63, 3.8) is 0 Å². The molecule has 9 heteroatoms. The number of halogens is 1. The highest BCUT2D eigenvalue weighted by atomic mass is 19.1. The third-order valence-corrected chi connectivity index (χ3v) is 5.50. The Morgan fingerprint density at radius 2 is 1.94 bits per heavy atom. The summed E-state index contributed by atoms with van der Waals surface area (Å²) in [7, 11) is 2.14. The molecule has 0 aliphatic carbocycles. The van der Waals surface area contributed by atoms with Crippen molar-refractivity contribution in [3.8, 4) is 11.5 Å². The fraction of sp³-hybridized carbons (Fsp3) is 0.273. The summed E-state index contributed by atoms with van der Waals surface area (Å²) in [5.41, 5.74) is 2.88. The maximum absolute atomic E-state index is 14.3. The van der Waals surface area contributed by atoms with E-state index in [-0.39, 0.29) is 0 Å². The maximum atomic E-state index is 14.3. The van der Waals surface area contributed by atoms with E-state index in [1.54, 1.807) is 23.0 Å². The Hall–Kier alpha value is -3.43. The highest BCUT2D eigenvalue weighted by Crippen LogP contribution is 2.27. The van der Waals surface area contributed by atoms with Crippen molar-refractivity contribution in [2.75, 3.05) is 38.5 Å². The Morgan fingerprint density at radius 1 is 1.06 bits per heavy atom. The average molecular weight is 418 g/mol. The number of likely N-dealkylation sites (N-methyl/N-ethyl adjacent to an activating group) is 1. The first-order valence-electron chi connectivity index (χ1n) is 10.2. The molecule has 158 valence electrons. The molecule has 4 aromatic rings. The van der Waals surface area contributed by atoms with Crippen molar-refractivity contribution < 1.29 is 4.39 Å². The molecule has 1 N–H and O–H groups in total. The first-order valence-corrected chi connectivity index (χ1v) is 10.2. The smallest absolute Gasteiger partial charge is 0.200 e. The van der Waals surface area contributed by atoms with E-state index in [0.29, 0.717) is 23.0 Å². The Labute approximate surface area is 179 Å². The zero-order valence-electron chi connectivity index (χ0n) is 17.2. The van der Waals surface area contributed by atoms with Crippen LogP contribution in [0.3, 0.4) is 0 Å². The highest BCUT2D eigenvalue weighted by molar-refractivity contribution is 5.78. The Balaban J connectivity index is 1.57. The average Bonchev–Trinajstić information content (AvgIpc) is 3.20. The van der Waals surface area contributed by atoms with Crippen LogP contribution in [0, 0.1) is 5.82 Å². The lowest BCUT2D eigenvalue weighted by molar-refractivity contribution is 0.148. The molecule has 1 fully saturated rings. The maximum Gasteiger partial charge on any atom is 0.200 e. The number of fused-ring (bicyclic) bond motifs is 1. The highest BCUT2D eigenvalue weighted by Gasteiger charge is 2.19. The van der Waals surface area contributed by atoms with Crippen LogP contribution in [0.25, 0.3) is 17.0 Å². The lowest BCUT2D eigenvalue weighted by atomic mass is 10.2. The van der Waals surface area contributed by atoms with Crippen LogP contribution in [0.2, 0.25) is 0 Å². The topological polar surface area (TPSA) is 74.5 Å². The monoisotopic (exact) mass is 418 g/mol. The second-order valence-corrected chi connectivity index (χ2v) is 7.69. The van der Waals surface area contributed by atoms with Gasteiger partial charge in [-0.1, -0.05) is 6.07 Å². The Morgan fingerprint density at radius 3 is 2.71 bits per heavy atom. The molecule has 4 aromatic heterocycles. The van der Waals surface area contributed by atoms with Crippen LogP contribution in [0.4, 0.5) is 15.9 Å². The number of pyridine rings is 2. The molecule has 0 spiro atoms. The van der Waals surface area contributed by atoms with Gasteiger partial charge in [0, 0.05) is 51.3 Å². The summed E-state index contributed by atoms with van der Waals surface area (Å²) in [5.74, 6) is 0.563. The summed E-state index contributed by atoms with van der Waals surface area (Å²) in [4.78, 5) is 17.7. The van der Waals surface area contributed by atoms with Crippen LogP contribution in [-0.4, -0.2) is 67.6 Å². The van der Waals surface area contributed by atoms with Gasteiger partial charge in [-0.3, -0.25) is 14.9 Å². The van der Waals surface area contributed by atoms with Crippen LogP contribution in [0.5, 0.6) is 0 Å². The van der Waals surface area contributed by atoms with E-state index < -0.39 is 5.82 Å². The van der Waals surface area contributed by atoms with E-state index in [4.69, 9.17) is 4.98 Å². The van der Waals surface area contributed by atoms with Gasteiger partial charge in [0.05, 0.1) is 11.9 Å². The molecule has 31 heavy (non-hydrogen) atoms. The number of aromatic nitrogens is 5. The van der Waals surface area contributed by atoms with E-state index in [1.165, 1.54) is 6.20 Å². The van der Waals surface area contributed by atoms with Crippen molar-refractivity contribution in [3.05, 3.63) is 66.5 Å². The minimum Gasteiger partial charge on any atom is -0.336 e. The molecular weight excluding hydrogens is 395 g/mol. The van der Waals surface area contributed by atoms with Gasteiger partial charge >= 0.3 is 0 Å². The number of nitrogens with one attached hydrogen (secondary N) is 1. The first-order chi connectivity index (χ1) is 15.2. The van der Waals surface area contributed by atoms with Gasteiger partial charge in [0.15, 0.2) is 11.6 Å². The molecule has 1 aliphatic heterocycles. The number of nitrogens with zero attached hydrogens (tertiary/aromatic N) is 7. The lowest BCUT2D eigenvalue weighted by Crippen LogP contribution is -2.43. The molecule has 0 saturated carbocycles. The van der Waals surface area contributed by atoms with Gasteiger partial charge in [0.2, 0.25) is 5.82 Å². The molecule has 0 amide bonds. The quantitative estimate of drug-likeness (QED) is 0.534. The molecular formula is C22H23FN8. The van der Waals surface area contributed by atoms with E-state index in [0.717, 1.165) is 43.8 Å². The molecule has 8 nitrogen and oxygen atoms in total. The van der Waals surface area contributed by atoms with Crippen molar-refractivity contribution >= 4 is 17.0 Å². The SMILES string of the molecule is CN1CCN(Cc2ccn3nc(-c4ccccn4)nc(Nc4ccncc4F)c23)CC1. The molecule has 0 aromatic carbocycles. The minimum atomic E-state index is -0.439. The van der Waals surface area contributed by atoms with E-state index in [1.807, 2.05) is 24.4 Å². The molecule has 5 rings (SSSR count). The third-order valence-electron chi connectivity index (χ3n) is 5.50. The summed E-state index contributed by atoms with van der Waals surface area (Å²) in [6.07, 6.45) is 6.35. The summed E-state index contributed by atoms with van der Waals surface area (Å²) in [5, 5.41) is 7.82. The Bertz CT molecular complexity index is 1180. The number of piperazine rings is 1. The van der Waals surface area contributed by atoms with Crippen molar-refractivity contribution in [2.45, 2.75) is 6.54 Å². The molecule has 5 heterocycles. The standard InChI is InChI=1S/C22H23FN8/c1-29-10-12-30(13-11-29)15-16-6-9-31-20(16)22(26-18-5-8-24-14-17(18)23)27-21(28-31)19-4-2-3-7-25-19/h2-9,14H,10-13,15H2,1H3,(H,24,26,27,28). The van der Waals surface area contributed by atoms with Crippen LogP contribution in [0.1, 0.15) is 5.56 Å². The minimum absolute atomic E-state index is 0.314. The second kappa shape index (κ2) is 8.37. The first kappa shape index (κ1) is 19.5. The summed E-state index contributed by atoms with van der Waals surface area (Å²) < 4.78 is 16.1. The van der Waals surface area contributed by atoms with Crippen molar-refractivity contribution in [2.24, 2.45) is 0 Å². The van der Waals surface area contributed by atoms with Gasteiger partial charge < -0.3 is 10.2 Å². The van der Waals surface area contributed by atoms with Crippen LogP contribution in [-0.2, 0) is 6.54 Å². The molecule has 0 radical (unpaired) electrons. The number of anilines is 2. The van der Waals surface area contributed by atoms with E-state index in [2.05, 4.69) is 43.3 Å². The van der Waals surface area contributed by atoms with Crippen molar-refractivity contribution in [1.29, 1.82) is 0 Å². The van der Waals surface area contributed by atoms with Crippen molar-refractivity contribution in [1.82, 2.24) is 34.4 Å². The molecule has 0 unspecified atom stereocenters. The van der Waals surface area contributed by atoms with Gasteiger partial charge in [-0.2, -0.15) is 0 Å². The summed E-state index contributed by atoms with van der Waals surface area (Å²) in [6, 6.07) is 9.24. The van der Waals surface area contributed by atoms with Gasteiger partial charge in [-0.25, -0.2) is 13.9 Å². The van der Waals surface area contributed by atoms with Gasteiger partial charge in [0.25, 0.3) is 0 Å². The summed E-state index contributed by atoms with van der Waals surface area (Å²) in [6.45, 7) is 4.87. The van der Waals surface area contributed by atoms with Crippen LogP contribution >= 0.6 is 0 Å². The van der Waals surface area contributed by atoms with Crippen LogP contribution in [0.15, 0.2) is 55.1 Å². The van der Waals surface area contributed by atoms with Gasteiger partial charge in [-0.15, -0.1) is 5.10 Å². The largest absolute Gasteiger partial charge is 0.336 e. The molecule has 1 saturated heterocycles. The second-order valence-electron chi connectivity index (χ2n) is 7.69. The fourth-order valence-corrected chi connectivity index (χ4v) is 3.76. The van der Waals surface area contributed by atoms with E-state index >= 15 is 0 Å². The van der Waals surface area contributed by atoms with E-state index in [9.17, 15) is 4.39 Å². The van der Waals surface area contributed by atoms with Gasteiger partial charge in [-0.05, 0) is 36.9 Å². The Kier molecular flexibility index (Phi) is 5.27. The van der Waals surface area contributed by atoms with Crippen LogP contribution < -0.4 is 5.32 Å². The molecule has 0 atom stereocenters. The zero-order chi connectivity index (χ0) is 21.2. The normalized spacial score (nSPS) is 15.4. The predicted molar refractivity (Wildman–Crippen MR) is 116 cm³/mol. The zero-order valence-corrected chi connectivity index (χ0v) is 17.2. The molecule has 1 aliphatic rings. The van der Waals surface area contributed by atoms with Gasteiger partial charge in [0.1, 0.15) is 11.2 Å². The predicted octanol–water partition coefficient (Wildman–Crippen LogP) is 2.82. The summed E-state index contributed by atoms with van der Waals surface area (Å²) >= 11 is 0. The molecule has 0 bridgehead atoms. The lowest BCUT2D eigenvalue weighted by Gasteiger charge is -2.32. The third kappa shape index (κ3) is 4.10. The number of hydrogen-bond donors (Lipinski definition) is 1.